The van der Waals surface area contributed by atoms with Crippen LogP contribution in [0.3, 0.4) is 0 Å². The second-order valence-corrected chi connectivity index (χ2v) is 9.98. The van der Waals surface area contributed by atoms with Gasteiger partial charge in [0.2, 0.25) is 5.91 Å². The zero-order valence-electron chi connectivity index (χ0n) is 21.5. The first-order chi connectivity index (χ1) is 15.3. The van der Waals surface area contributed by atoms with E-state index in [2.05, 4.69) is 17.6 Å². The lowest BCUT2D eigenvalue weighted by Crippen LogP contribution is -2.50. The first-order valence-electron chi connectivity index (χ1n) is 13.2. The predicted molar refractivity (Wildman–Crippen MR) is 133 cm³/mol. The molecule has 0 saturated heterocycles. The van der Waals surface area contributed by atoms with Gasteiger partial charge in [-0.15, -0.1) is 0 Å². The minimum atomic E-state index is -0.981. The molecule has 2 amide bonds. The third-order valence-corrected chi connectivity index (χ3v) is 5.52. The molecule has 6 nitrogen and oxygen atoms in total. The summed E-state index contributed by atoms with van der Waals surface area (Å²) in [4.78, 5) is 23.8. The van der Waals surface area contributed by atoms with Crippen molar-refractivity contribution in [2.75, 3.05) is 13.2 Å². The van der Waals surface area contributed by atoms with E-state index in [4.69, 9.17) is 4.74 Å². The summed E-state index contributed by atoms with van der Waals surface area (Å²) in [5.74, 6) is -0.376. The fraction of sp³-hybridized carbons (Fsp3) is 0.923. The second kappa shape index (κ2) is 20.3. The number of amides is 2. The first kappa shape index (κ1) is 30.7. The third kappa shape index (κ3) is 20.6. The van der Waals surface area contributed by atoms with Crippen LogP contribution in [0.4, 0.5) is 4.79 Å². The zero-order chi connectivity index (χ0) is 24.1. The van der Waals surface area contributed by atoms with Crippen LogP contribution >= 0.6 is 0 Å². The van der Waals surface area contributed by atoms with Crippen LogP contribution in [0.25, 0.3) is 0 Å². The molecule has 0 aliphatic rings. The molecule has 0 aliphatic heterocycles. The Labute approximate surface area is 197 Å². The minimum Gasteiger partial charge on any atom is -0.444 e. The fourth-order valence-corrected chi connectivity index (χ4v) is 3.65. The average Bonchev–Trinajstić information content (AvgIpc) is 2.72. The van der Waals surface area contributed by atoms with Crippen LogP contribution in [0.15, 0.2) is 0 Å². The molecular formula is C26H52N2O4. The van der Waals surface area contributed by atoms with Gasteiger partial charge >= 0.3 is 6.09 Å². The Morgan fingerprint density at radius 3 is 1.53 bits per heavy atom. The molecule has 6 heteroatoms. The molecule has 0 spiro atoms. The smallest absolute Gasteiger partial charge is 0.408 e. The lowest BCUT2D eigenvalue weighted by molar-refractivity contribution is -0.124. The van der Waals surface area contributed by atoms with Crippen LogP contribution in [0, 0.1) is 0 Å². The van der Waals surface area contributed by atoms with Crippen LogP contribution < -0.4 is 10.6 Å². The number of carbonyl (C=O) groups is 2. The molecule has 32 heavy (non-hydrogen) atoms. The van der Waals surface area contributed by atoms with E-state index in [1.165, 1.54) is 89.9 Å². The lowest BCUT2D eigenvalue weighted by atomic mass is 10.0. The maximum atomic E-state index is 12.1. The zero-order valence-corrected chi connectivity index (χ0v) is 21.5. The standard InChI is InChI=1S/C26H52N2O4/c1-5-6-7-8-9-10-11-12-13-14-15-16-17-18-19-20-21-27-24(30)23(22-29)28-25(31)32-26(2,3)4/h23,29H,5-22H2,1-4H3,(H,27,30)(H,28,31)/t23-/m0/s1. The maximum absolute atomic E-state index is 12.1. The van der Waals surface area contributed by atoms with Gasteiger partial charge in [-0.1, -0.05) is 103 Å². The van der Waals surface area contributed by atoms with Crippen molar-refractivity contribution < 1.29 is 19.4 Å². The molecule has 0 aromatic carbocycles. The van der Waals surface area contributed by atoms with E-state index in [1.54, 1.807) is 20.8 Å². The van der Waals surface area contributed by atoms with E-state index in [0.29, 0.717) is 6.54 Å². The number of rotatable bonds is 20. The summed E-state index contributed by atoms with van der Waals surface area (Å²) >= 11 is 0. The highest BCUT2D eigenvalue weighted by Gasteiger charge is 2.23. The van der Waals surface area contributed by atoms with Crippen molar-refractivity contribution in [2.24, 2.45) is 0 Å². The van der Waals surface area contributed by atoms with Crippen LogP contribution in [0.5, 0.6) is 0 Å². The van der Waals surface area contributed by atoms with Gasteiger partial charge in [0, 0.05) is 6.54 Å². The molecule has 0 unspecified atom stereocenters. The highest BCUT2D eigenvalue weighted by Crippen LogP contribution is 2.13. The van der Waals surface area contributed by atoms with E-state index in [9.17, 15) is 14.7 Å². The van der Waals surface area contributed by atoms with Gasteiger partial charge in [-0.3, -0.25) is 4.79 Å². The van der Waals surface area contributed by atoms with Gasteiger partial charge in [0.05, 0.1) is 6.61 Å². The summed E-state index contributed by atoms with van der Waals surface area (Å²) in [6, 6.07) is -0.981. The molecule has 0 bridgehead atoms. The predicted octanol–water partition coefficient (Wildman–Crippen LogP) is 6.25. The Kier molecular flexibility index (Phi) is 19.5. The highest BCUT2D eigenvalue weighted by atomic mass is 16.6. The van der Waals surface area contributed by atoms with Gasteiger partial charge in [0.1, 0.15) is 11.6 Å². The molecule has 0 rings (SSSR count). The summed E-state index contributed by atoms with van der Waals surface area (Å²) in [5, 5.41) is 14.5. The van der Waals surface area contributed by atoms with E-state index >= 15 is 0 Å². The monoisotopic (exact) mass is 456 g/mol. The van der Waals surface area contributed by atoms with Crippen molar-refractivity contribution >= 4 is 12.0 Å². The molecule has 0 heterocycles. The highest BCUT2D eigenvalue weighted by molar-refractivity contribution is 5.85. The number of hydrogen-bond acceptors (Lipinski definition) is 4. The van der Waals surface area contributed by atoms with Gasteiger partial charge in [-0.2, -0.15) is 0 Å². The Balaban J connectivity index is 3.50. The summed E-state index contributed by atoms with van der Waals surface area (Å²) in [6.45, 7) is 7.62. The summed E-state index contributed by atoms with van der Waals surface area (Å²) in [5.41, 5.74) is -0.645. The molecule has 0 aliphatic carbocycles. The van der Waals surface area contributed by atoms with Crippen molar-refractivity contribution in [2.45, 2.75) is 142 Å². The Bertz CT molecular complexity index is 463. The Morgan fingerprint density at radius 2 is 1.16 bits per heavy atom. The molecule has 190 valence electrons. The number of ether oxygens (including phenoxy) is 1. The SMILES string of the molecule is CCCCCCCCCCCCCCCCCCNC(=O)[C@H](CO)NC(=O)OC(C)(C)C. The topological polar surface area (TPSA) is 87.7 Å². The Morgan fingerprint density at radius 1 is 0.750 bits per heavy atom. The summed E-state index contributed by atoms with van der Waals surface area (Å²) in [6.07, 6.45) is 20.3. The van der Waals surface area contributed by atoms with Crippen molar-refractivity contribution in [3.63, 3.8) is 0 Å². The molecule has 0 radical (unpaired) electrons. The average molecular weight is 457 g/mol. The van der Waals surface area contributed by atoms with Gasteiger partial charge in [0.15, 0.2) is 0 Å². The van der Waals surface area contributed by atoms with Gasteiger partial charge < -0.3 is 20.5 Å². The van der Waals surface area contributed by atoms with E-state index in [0.717, 1.165) is 12.8 Å². The van der Waals surface area contributed by atoms with E-state index in [1.807, 2.05) is 0 Å². The van der Waals surface area contributed by atoms with Gasteiger partial charge in [-0.05, 0) is 27.2 Å². The van der Waals surface area contributed by atoms with Gasteiger partial charge in [-0.25, -0.2) is 4.79 Å². The summed E-state index contributed by atoms with van der Waals surface area (Å²) < 4.78 is 5.12. The molecule has 0 aromatic heterocycles. The largest absolute Gasteiger partial charge is 0.444 e. The summed E-state index contributed by atoms with van der Waals surface area (Å²) in [7, 11) is 0. The van der Waals surface area contributed by atoms with Crippen LogP contribution in [-0.4, -0.2) is 41.9 Å². The maximum Gasteiger partial charge on any atom is 0.408 e. The number of unbranched alkanes of at least 4 members (excludes halogenated alkanes) is 15. The van der Waals surface area contributed by atoms with Crippen LogP contribution in [0.1, 0.15) is 130 Å². The molecule has 1 atom stereocenters. The minimum absolute atomic E-state index is 0.376. The third-order valence-electron chi connectivity index (χ3n) is 5.52. The fourth-order valence-electron chi connectivity index (χ4n) is 3.65. The lowest BCUT2D eigenvalue weighted by Gasteiger charge is -2.22. The number of carbonyl (C=O) groups excluding carboxylic acids is 2. The van der Waals surface area contributed by atoms with Gasteiger partial charge in [0.25, 0.3) is 0 Å². The molecule has 0 saturated carbocycles. The van der Waals surface area contributed by atoms with Crippen molar-refractivity contribution in [3.05, 3.63) is 0 Å². The molecule has 0 fully saturated rings. The van der Waals surface area contributed by atoms with Crippen LogP contribution in [0.2, 0.25) is 0 Å². The first-order valence-corrected chi connectivity index (χ1v) is 13.2. The van der Waals surface area contributed by atoms with Crippen molar-refractivity contribution in [3.8, 4) is 0 Å². The van der Waals surface area contributed by atoms with Crippen molar-refractivity contribution in [1.29, 1.82) is 0 Å². The van der Waals surface area contributed by atoms with Crippen molar-refractivity contribution in [1.82, 2.24) is 10.6 Å². The van der Waals surface area contributed by atoms with Crippen LogP contribution in [-0.2, 0) is 9.53 Å². The van der Waals surface area contributed by atoms with E-state index < -0.39 is 24.3 Å². The number of hydrogen-bond donors (Lipinski definition) is 3. The number of alkyl carbamates (subject to hydrolysis) is 1. The normalized spacial score (nSPS) is 12.4. The number of aliphatic hydroxyl groups is 1. The second-order valence-electron chi connectivity index (χ2n) is 9.98. The molecular weight excluding hydrogens is 404 g/mol. The Hall–Kier alpha value is -1.30. The molecule has 0 aromatic rings. The number of nitrogens with one attached hydrogen (secondary N) is 2. The quantitative estimate of drug-likeness (QED) is 0.189. The number of aliphatic hydroxyl groups excluding tert-OH is 1. The molecule has 3 N–H and O–H groups in total. The van der Waals surface area contributed by atoms with E-state index in [-0.39, 0.29) is 5.91 Å².